The van der Waals surface area contributed by atoms with Gasteiger partial charge in [-0.2, -0.15) is 0 Å². The van der Waals surface area contributed by atoms with E-state index >= 15 is 0 Å². The standard InChI is InChI=1S/C16H19FN4O2/c1-2-14-18-19-16(23-14)21-9-7-20(8-10-21)15(22)11-12-3-5-13(17)6-4-12/h3-6H,2,7-11H2,1H3. The molecule has 0 aliphatic carbocycles. The third-order valence-corrected chi connectivity index (χ3v) is 3.93. The molecular weight excluding hydrogens is 299 g/mol. The highest BCUT2D eigenvalue weighted by Gasteiger charge is 2.24. The molecule has 0 spiro atoms. The van der Waals surface area contributed by atoms with Crippen LogP contribution in [0.4, 0.5) is 10.4 Å². The molecule has 1 saturated heterocycles. The minimum atomic E-state index is -0.291. The molecule has 1 amide bonds. The number of anilines is 1. The number of nitrogens with zero attached hydrogens (tertiary/aromatic N) is 4. The first-order valence-electron chi connectivity index (χ1n) is 7.75. The number of piperazine rings is 1. The Bertz CT molecular complexity index is 663. The van der Waals surface area contributed by atoms with Gasteiger partial charge in [0.2, 0.25) is 11.8 Å². The van der Waals surface area contributed by atoms with Crippen molar-refractivity contribution >= 4 is 11.9 Å². The monoisotopic (exact) mass is 318 g/mol. The van der Waals surface area contributed by atoms with Gasteiger partial charge in [0, 0.05) is 32.6 Å². The lowest BCUT2D eigenvalue weighted by molar-refractivity contribution is -0.130. The van der Waals surface area contributed by atoms with E-state index in [1.165, 1.54) is 12.1 Å². The number of rotatable bonds is 4. The molecule has 23 heavy (non-hydrogen) atoms. The van der Waals surface area contributed by atoms with Gasteiger partial charge in [0.05, 0.1) is 6.42 Å². The highest BCUT2D eigenvalue weighted by molar-refractivity contribution is 5.79. The van der Waals surface area contributed by atoms with Gasteiger partial charge in [0.15, 0.2) is 0 Å². The first-order valence-corrected chi connectivity index (χ1v) is 7.75. The Labute approximate surface area is 133 Å². The molecule has 7 heteroatoms. The smallest absolute Gasteiger partial charge is 0.318 e. The molecule has 0 bridgehead atoms. The topological polar surface area (TPSA) is 62.5 Å². The molecule has 1 aliphatic heterocycles. The maximum atomic E-state index is 12.9. The summed E-state index contributed by atoms with van der Waals surface area (Å²) in [6, 6.07) is 6.57. The fourth-order valence-electron chi connectivity index (χ4n) is 2.55. The molecule has 1 aromatic heterocycles. The fourth-order valence-corrected chi connectivity index (χ4v) is 2.55. The number of hydrogen-bond donors (Lipinski definition) is 0. The molecule has 1 fully saturated rings. The van der Waals surface area contributed by atoms with E-state index in [1.807, 2.05) is 16.7 Å². The lowest BCUT2D eigenvalue weighted by Crippen LogP contribution is -2.49. The van der Waals surface area contributed by atoms with E-state index in [0.717, 1.165) is 5.56 Å². The van der Waals surface area contributed by atoms with Gasteiger partial charge < -0.3 is 14.2 Å². The normalized spacial score (nSPS) is 15.0. The molecule has 0 atom stereocenters. The summed E-state index contributed by atoms with van der Waals surface area (Å²) in [5.74, 6) is 0.381. The van der Waals surface area contributed by atoms with Crippen molar-refractivity contribution in [3.63, 3.8) is 0 Å². The summed E-state index contributed by atoms with van der Waals surface area (Å²) in [4.78, 5) is 16.1. The Morgan fingerprint density at radius 3 is 2.48 bits per heavy atom. The zero-order valence-corrected chi connectivity index (χ0v) is 13.0. The lowest BCUT2D eigenvalue weighted by Gasteiger charge is -2.33. The number of halogens is 1. The van der Waals surface area contributed by atoms with Gasteiger partial charge in [-0.15, -0.1) is 5.10 Å². The Balaban J connectivity index is 1.53. The van der Waals surface area contributed by atoms with Crippen LogP contribution in [0.25, 0.3) is 0 Å². The highest BCUT2D eigenvalue weighted by atomic mass is 19.1. The van der Waals surface area contributed by atoms with Crippen LogP contribution in [0.2, 0.25) is 0 Å². The molecular formula is C16H19FN4O2. The maximum Gasteiger partial charge on any atom is 0.318 e. The summed E-state index contributed by atoms with van der Waals surface area (Å²) in [6.07, 6.45) is 1.00. The second-order valence-electron chi connectivity index (χ2n) is 5.50. The van der Waals surface area contributed by atoms with E-state index in [1.54, 1.807) is 12.1 Å². The van der Waals surface area contributed by atoms with Gasteiger partial charge in [-0.1, -0.05) is 24.2 Å². The van der Waals surface area contributed by atoms with Crippen LogP contribution < -0.4 is 4.90 Å². The minimum absolute atomic E-state index is 0.0519. The molecule has 1 aromatic carbocycles. The molecule has 0 N–H and O–H groups in total. The first kappa shape index (κ1) is 15.5. The number of carbonyl (C=O) groups excluding carboxylic acids is 1. The number of hydrogen-bond acceptors (Lipinski definition) is 5. The van der Waals surface area contributed by atoms with Crippen molar-refractivity contribution in [1.29, 1.82) is 0 Å². The summed E-state index contributed by atoms with van der Waals surface area (Å²) < 4.78 is 18.4. The van der Waals surface area contributed by atoms with Gasteiger partial charge in [0.1, 0.15) is 5.82 Å². The van der Waals surface area contributed by atoms with Gasteiger partial charge >= 0.3 is 6.01 Å². The Morgan fingerprint density at radius 1 is 1.17 bits per heavy atom. The molecule has 0 radical (unpaired) electrons. The van der Waals surface area contributed by atoms with E-state index in [4.69, 9.17) is 4.42 Å². The Kier molecular flexibility index (Phi) is 4.55. The summed E-state index contributed by atoms with van der Waals surface area (Å²) in [5.41, 5.74) is 0.823. The molecule has 2 heterocycles. The minimum Gasteiger partial charge on any atom is -0.408 e. The van der Waals surface area contributed by atoms with E-state index in [9.17, 15) is 9.18 Å². The van der Waals surface area contributed by atoms with Gasteiger partial charge in [0.25, 0.3) is 0 Å². The molecule has 3 rings (SSSR count). The third kappa shape index (κ3) is 3.67. The molecule has 0 saturated carbocycles. The van der Waals surface area contributed by atoms with E-state index < -0.39 is 0 Å². The fraction of sp³-hybridized carbons (Fsp3) is 0.438. The molecule has 1 aliphatic rings. The second-order valence-corrected chi connectivity index (χ2v) is 5.50. The maximum absolute atomic E-state index is 12.9. The summed E-state index contributed by atoms with van der Waals surface area (Å²) >= 11 is 0. The lowest BCUT2D eigenvalue weighted by atomic mass is 10.1. The van der Waals surface area contributed by atoms with Gasteiger partial charge in [-0.25, -0.2) is 4.39 Å². The summed E-state index contributed by atoms with van der Waals surface area (Å²) in [7, 11) is 0. The predicted octanol–water partition coefficient (Wildman–Crippen LogP) is 1.66. The van der Waals surface area contributed by atoms with Crippen molar-refractivity contribution < 1.29 is 13.6 Å². The van der Waals surface area contributed by atoms with Gasteiger partial charge in [-0.05, 0) is 17.7 Å². The van der Waals surface area contributed by atoms with Crippen LogP contribution in [0.5, 0.6) is 0 Å². The van der Waals surface area contributed by atoms with Crippen LogP contribution in [-0.2, 0) is 17.6 Å². The van der Waals surface area contributed by atoms with Crippen LogP contribution in [0.1, 0.15) is 18.4 Å². The highest BCUT2D eigenvalue weighted by Crippen LogP contribution is 2.15. The quantitative estimate of drug-likeness (QED) is 0.858. The molecule has 2 aromatic rings. The average Bonchev–Trinajstić information content (AvgIpc) is 3.06. The van der Waals surface area contributed by atoms with Crippen molar-refractivity contribution in [2.75, 3.05) is 31.1 Å². The number of aryl methyl sites for hydroxylation is 1. The predicted molar refractivity (Wildman–Crippen MR) is 82.6 cm³/mol. The van der Waals surface area contributed by atoms with Crippen LogP contribution >= 0.6 is 0 Å². The van der Waals surface area contributed by atoms with E-state index in [0.29, 0.717) is 50.9 Å². The van der Waals surface area contributed by atoms with Crippen molar-refractivity contribution in [1.82, 2.24) is 15.1 Å². The Hall–Kier alpha value is -2.44. The van der Waals surface area contributed by atoms with Crippen molar-refractivity contribution in [3.05, 3.63) is 41.5 Å². The Morgan fingerprint density at radius 2 is 1.87 bits per heavy atom. The number of amides is 1. The zero-order valence-electron chi connectivity index (χ0n) is 13.0. The first-order chi connectivity index (χ1) is 11.2. The van der Waals surface area contributed by atoms with E-state index in [-0.39, 0.29) is 11.7 Å². The SMILES string of the molecule is CCc1nnc(N2CCN(C(=O)Cc3ccc(F)cc3)CC2)o1. The molecule has 0 unspecified atom stereocenters. The van der Waals surface area contributed by atoms with E-state index in [2.05, 4.69) is 10.2 Å². The van der Waals surface area contributed by atoms with Crippen LogP contribution in [0.15, 0.2) is 28.7 Å². The van der Waals surface area contributed by atoms with Gasteiger partial charge in [-0.3, -0.25) is 4.79 Å². The number of carbonyl (C=O) groups is 1. The average molecular weight is 318 g/mol. The van der Waals surface area contributed by atoms with Crippen LogP contribution in [-0.4, -0.2) is 47.2 Å². The number of benzene rings is 1. The molecule has 6 nitrogen and oxygen atoms in total. The summed E-state index contributed by atoms with van der Waals surface area (Å²) in [6.45, 7) is 4.53. The number of aromatic nitrogens is 2. The van der Waals surface area contributed by atoms with Crippen LogP contribution in [0.3, 0.4) is 0 Å². The third-order valence-electron chi connectivity index (χ3n) is 3.93. The largest absolute Gasteiger partial charge is 0.408 e. The van der Waals surface area contributed by atoms with Crippen molar-refractivity contribution in [2.45, 2.75) is 19.8 Å². The second kappa shape index (κ2) is 6.76. The van der Waals surface area contributed by atoms with Crippen molar-refractivity contribution in [3.8, 4) is 0 Å². The molecule has 122 valence electrons. The zero-order chi connectivity index (χ0) is 16.2. The van der Waals surface area contributed by atoms with Crippen LogP contribution in [0, 0.1) is 5.82 Å². The summed E-state index contributed by atoms with van der Waals surface area (Å²) in [5, 5.41) is 7.98. The van der Waals surface area contributed by atoms with Crippen molar-refractivity contribution in [2.24, 2.45) is 0 Å².